The number of carbonyl (C=O) groups is 1. The largest absolute Gasteiger partial charge is 0.871 e. The van der Waals surface area contributed by atoms with Crippen molar-refractivity contribution >= 4 is 17.1 Å². The second-order valence-electron chi connectivity index (χ2n) is 6.87. The van der Waals surface area contributed by atoms with Crippen molar-refractivity contribution in [2.24, 2.45) is 7.05 Å². The van der Waals surface area contributed by atoms with E-state index in [4.69, 9.17) is 0 Å². The van der Waals surface area contributed by atoms with Crippen LogP contribution in [0, 0.1) is 20.8 Å². The molecule has 0 spiro atoms. The van der Waals surface area contributed by atoms with Crippen LogP contribution in [0.3, 0.4) is 0 Å². The van der Waals surface area contributed by atoms with Crippen molar-refractivity contribution in [3.8, 4) is 0 Å². The summed E-state index contributed by atoms with van der Waals surface area (Å²) in [6.07, 6.45) is 0. The Morgan fingerprint density at radius 2 is 1.50 bits per heavy atom. The number of Topliss-reactive ketones (excluding diaryl/α,β-unsaturated/α-hetero) is 1. The fraction of sp³-hybridized carbons (Fsp3) is 0.400. The van der Waals surface area contributed by atoms with E-state index in [0.717, 1.165) is 45.1 Å². The Balaban J connectivity index is 2.27. The molecular formula is C20H24N2O2. The monoisotopic (exact) mass is 324 g/mol. The number of carbonyl (C=O) groups excluding carboxylic acids is 1. The van der Waals surface area contributed by atoms with Crippen molar-refractivity contribution in [2.75, 3.05) is 7.05 Å². The van der Waals surface area contributed by atoms with Gasteiger partial charge in [-0.05, 0) is 33.3 Å². The van der Waals surface area contributed by atoms with Crippen molar-refractivity contribution in [3.63, 3.8) is 0 Å². The molecule has 1 aromatic rings. The maximum absolute atomic E-state index is 12.9. The van der Waals surface area contributed by atoms with Crippen molar-refractivity contribution < 1.29 is 14.5 Å². The van der Waals surface area contributed by atoms with E-state index in [2.05, 4.69) is 0 Å². The lowest BCUT2D eigenvalue weighted by atomic mass is 9.78. The third kappa shape index (κ3) is 1.80. The van der Waals surface area contributed by atoms with Gasteiger partial charge in [0.05, 0.1) is 5.57 Å². The summed E-state index contributed by atoms with van der Waals surface area (Å²) >= 11 is 0. The first-order valence-electron chi connectivity index (χ1n) is 8.20. The number of ketones is 1. The molecular weight excluding hydrogens is 300 g/mol. The molecule has 0 unspecified atom stereocenters. The Bertz CT molecular complexity index is 895. The summed E-state index contributed by atoms with van der Waals surface area (Å²) in [6, 6.07) is 0. The Morgan fingerprint density at radius 3 is 1.88 bits per heavy atom. The lowest BCUT2D eigenvalue weighted by molar-refractivity contribution is -0.440. The number of nitrogens with zero attached hydrogens (tertiary/aromatic N) is 2. The average molecular weight is 324 g/mol. The third-order valence-corrected chi connectivity index (χ3v) is 5.98. The zero-order valence-electron chi connectivity index (χ0n) is 15.7. The quantitative estimate of drug-likeness (QED) is 0.588. The summed E-state index contributed by atoms with van der Waals surface area (Å²) in [7, 11) is 3.93. The smallest absolute Gasteiger partial charge is 0.193 e. The molecule has 3 rings (SSSR count). The van der Waals surface area contributed by atoms with Crippen LogP contribution in [0.25, 0.3) is 5.57 Å². The maximum Gasteiger partial charge on any atom is 0.193 e. The van der Waals surface area contributed by atoms with Gasteiger partial charge in [-0.1, -0.05) is 5.76 Å². The Hall–Kier alpha value is -2.36. The molecule has 0 saturated carbocycles. The van der Waals surface area contributed by atoms with Crippen molar-refractivity contribution in [1.82, 2.24) is 4.57 Å². The van der Waals surface area contributed by atoms with Gasteiger partial charge in [0, 0.05) is 54.6 Å². The van der Waals surface area contributed by atoms with E-state index < -0.39 is 0 Å². The lowest BCUT2D eigenvalue weighted by Crippen LogP contribution is -2.32. The summed E-state index contributed by atoms with van der Waals surface area (Å²) in [5, 5.41) is 12.9. The fourth-order valence-corrected chi connectivity index (χ4v) is 3.83. The fourth-order valence-electron chi connectivity index (χ4n) is 3.83. The molecule has 4 heteroatoms. The minimum absolute atomic E-state index is 0.117. The van der Waals surface area contributed by atoms with Gasteiger partial charge >= 0.3 is 0 Å². The van der Waals surface area contributed by atoms with Crippen LogP contribution in [0.1, 0.15) is 43.3 Å². The summed E-state index contributed by atoms with van der Waals surface area (Å²) in [4.78, 5) is 12.9. The van der Waals surface area contributed by atoms with Gasteiger partial charge in [-0.15, -0.1) is 0 Å². The van der Waals surface area contributed by atoms with Crippen LogP contribution in [0.2, 0.25) is 0 Å². The molecule has 0 atom stereocenters. The van der Waals surface area contributed by atoms with Crippen LogP contribution in [0.15, 0.2) is 28.2 Å². The zero-order chi connectivity index (χ0) is 18.1. The molecule has 1 aliphatic carbocycles. The number of rotatable bonds is 1. The topological polar surface area (TPSA) is 48.1 Å². The van der Waals surface area contributed by atoms with Gasteiger partial charge < -0.3 is 9.67 Å². The number of hydrogen-bond donors (Lipinski definition) is 0. The van der Waals surface area contributed by atoms with Gasteiger partial charge in [-0.3, -0.25) is 4.79 Å². The molecule has 1 aliphatic heterocycles. The molecule has 0 amide bonds. The van der Waals surface area contributed by atoms with Gasteiger partial charge in [0.15, 0.2) is 17.2 Å². The molecule has 0 N–H and O–H groups in total. The first kappa shape index (κ1) is 16.5. The minimum Gasteiger partial charge on any atom is -0.871 e. The van der Waals surface area contributed by atoms with Crippen LogP contribution < -0.4 is 5.11 Å². The first-order valence-corrected chi connectivity index (χ1v) is 8.20. The SMILES string of the molecule is CC1=C(C)[N+](C)=C(C)/C1=C1\C(=O)C(c2c(C)c(C)n(C)c2C)=C1[O-]. The van der Waals surface area contributed by atoms with Crippen molar-refractivity contribution in [2.45, 2.75) is 41.5 Å². The summed E-state index contributed by atoms with van der Waals surface area (Å²) < 4.78 is 4.08. The van der Waals surface area contributed by atoms with Crippen molar-refractivity contribution in [3.05, 3.63) is 50.7 Å². The zero-order valence-corrected chi connectivity index (χ0v) is 15.7. The van der Waals surface area contributed by atoms with Gasteiger partial charge in [0.25, 0.3) is 0 Å². The Morgan fingerprint density at radius 1 is 0.917 bits per heavy atom. The van der Waals surface area contributed by atoms with Crippen LogP contribution in [0.5, 0.6) is 0 Å². The molecule has 2 heterocycles. The molecule has 4 nitrogen and oxygen atoms in total. The third-order valence-electron chi connectivity index (χ3n) is 5.98. The van der Waals surface area contributed by atoms with Crippen molar-refractivity contribution in [1.29, 1.82) is 0 Å². The van der Waals surface area contributed by atoms with E-state index >= 15 is 0 Å². The highest BCUT2D eigenvalue weighted by molar-refractivity contribution is 6.41. The predicted octanol–water partition coefficient (Wildman–Crippen LogP) is 2.31. The number of aromatic nitrogens is 1. The van der Waals surface area contributed by atoms with Crippen LogP contribution in [-0.2, 0) is 11.8 Å². The Kier molecular flexibility index (Phi) is 3.48. The van der Waals surface area contributed by atoms with Crippen LogP contribution in [0.4, 0.5) is 0 Å². The van der Waals surface area contributed by atoms with Gasteiger partial charge in [0.1, 0.15) is 7.05 Å². The molecule has 1 aromatic heterocycles. The second-order valence-corrected chi connectivity index (χ2v) is 6.87. The van der Waals surface area contributed by atoms with Gasteiger partial charge in [-0.25, -0.2) is 4.58 Å². The predicted molar refractivity (Wildman–Crippen MR) is 93.8 cm³/mol. The minimum atomic E-state index is -0.117. The maximum atomic E-state index is 12.9. The highest BCUT2D eigenvalue weighted by Crippen LogP contribution is 2.42. The molecule has 0 saturated heterocycles. The average Bonchev–Trinajstić information content (AvgIpc) is 2.85. The number of allylic oxidation sites excluding steroid dienone is 5. The summed E-state index contributed by atoms with van der Waals surface area (Å²) in [6.45, 7) is 11.9. The highest BCUT2D eigenvalue weighted by Gasteiger charge is 2.39. The standard InChI is InChI=1S/C20H24N2O2/c1-9-11(3)21(7)13(5)15(9)17-19(23)18(20(17)24)16-10(2)12(4)22(8)14(16)6/h1-8H3. The normalized spacial score (nSPS) is 21.4. The molecule has 0 bridgehead atoms. The van der Waals surface area contributed by atoms with Gasteiger partial charge in [0.2, 0.25) is 0 Å². The molecule has 0 fully saturated rings. The van der Waals surface area contributed by atoms with E-state index in [1.54, 1.807) is 0 Å². The molecule has 2 aliphatic rings. The molecule has 0 aromatic carbocycles. The number of hydrogen-bond acceptors (Lipinski definition) is 2. The second kappa shape index (κ2) is 5.07. The summed E-state index contributed by atoms with van der Waals surface area (Å²) in [5.41, 5.74) is 8.49. The van der Waals surface area contributed by atoms with E-state index in [1.165, 1.54) is 0 Å². The highest BCUT2D eigenvalue weighted by atomic mass is 16.3. The summed E-state index contributed by atoms with van der Waals surface area (Å²) in [5.74, 6) is -0.234. The van der Waals surface area contributed by atoms with E-state index in [9.17, 15) is 9.90 Å². The van der Waals surface area contributed by atoms with Crippen LogP contribution in [-0.4, -0.2) is 27.7 Å². The van der Waals surface area contributed by atoms with E-state index in [1.807, 2.05) is 64.8 Å². The lowest BCUT2D eigenvalue weighted by Gasteiger charge is -2.32. The molecule has 24 heavy (non-hydrogen) atoms. The molecule has 126 valence electrons. The van der Waals surface area contributed by atoms with E-state index in [0.29, 0.717) is 11.1 Å². The van der Waals surface area contributed by atoms with E-state index in [-0.39, 0.29) is 11.5 Å². The van der Waals surface area contributed by atoms with Crippen LogP contribution >= 0.6 is 0 Å². The van der Waals surface area contributed by atoms with Gasteiger partial charge in [-0.2, -0.15) is 0 Å². The molecule has 0 radical (unpaired) electrons. The first-order chi connectivity index (χ1) is 11.1. The Labute approximate surface area is 143 Å².